The van der Waals surface area contributed by atoms with Crippen LogP contribution in [0.1, 0.15) is 58.8 Å². The number of amides is 1. The molecule has 2 rings (SSSR count). The number of carbonyl (C=O) groups is 1. The zero-order chi connectivity index (χ0) is 13.0. The summed E-state index contributed by atoms with van der Waals surface area (Å²) in [7, 11) is 0. The third-order valence-corrected chi connectivity index (χ3v) is 4.78. The maximum absolute atomic E-state index is 12.1. The molecule has 0 radical (unpaired) electrons. The second kappa shape index (κ2) is 7.49. The summed E-state index contributed by atoms with van der Waals surface area (Å²) in [5.41, 5.74) is 0.280. The van der Waals surface area contributed by atoms with Gasteiger partial charge in [-0.25, -0.2) is 0 Å². The third kappa shape index (κ3) is 4.96. The van der Waals surface area contributed by atoms with Crippen LogP contribution in [0.15, 0.2) is 0 Å². The highest BCUT2D eigenvalue weighted by Crippen LogP contribution is 2.35. The first kappa shape index (κ1) is 16.8. The van der Waals surface area contributed by atoms with Gasteiger partial charge in [0.2, 0.25) is 5.91 Å². The average Bonchev–Trinajstić information content (AvgIpc) is 2.33. The summed E-state index contributed by atoms with van der Waals surface area (Å²) in [5.74, 6) is 0.875. The summed E-state index contributed by atoms with van der Waals surface area (Å²) < 4.78 is 0. The van der Waals surface area contributed by atoms with Crippen LogP contribution in [0.4, 0.5) is 0 Å². The van der Waals surface area contributed by atoms with E-state index in [4.69, 9.17) is 0 Å². The fraction of sp³-hybridized carbons (Fsp3) is 0.933. The van der Waals surface area contributed by atoms with Crippen molar-refractivity contribution in [3.63, 3.8) is 0 Å². The van der Waals surface area contributed by atoms with Crippen LogP contribution in [-0.2, 0) is 4.79 Å². The smallest absolute Gasteiger partial charge is 0.220 e. The van der Waals surface area contributed by atoms with E-state index < -0.39 is 0 Å². The Balaban J connectivity index is 0.00000180. The van der Waals surface area contributed by atoms with E-state index in [0.29, 0.717) is 12.0 Å². The molecule has 112 valence electrons. The lowest BCUT2D eigenvalue weighted by Gasteiger charge is -2.39. The van der Waals surface area contributed by atoms with Crippen LogP contribution in [0.5, 0.6) is 0 Å². The topological polar surface area (TPSA) is 41.1 Å². The molecular formula is C15H29ClN2O. The minimum Gasteiger partial charge on any atom is -0.353 e. The van der Waals surface area contributed by atoms with Crippen LogP contribution in [-0.4, -0.2) is 25.0 Å². The maximum atomic E-state index is 12.1. The first-order chi connectivity index (χ1) is 8.58. The van der Waals surface area contributed by atoms with Gasteiger partial charge in [0.05, 0.1) is 0 Å². The molecule has 3 nitrogen and oxygen atoms in total. The summed E-state index contributed by atoms with van der Waals surface area (Å²) in [4.78, 5) is 12.1. The van der Waals surface area contributed by atoms with Crippen molar-refractivity contribution in [3.05, 3.63) is 0 Å². The van der Waals surface area contributed by atoms with Crippen LogP contribution >= 0.6 is 12.4 Å². The molecule has 1 atom stereocenters. The summed E-state index contributed by atoms with van der Waals surface area (Å²) in [5, 5.41) is 6.65. The quantitative estimate of drug-likeness (QED) is 0.838. The number of halogens is 1. The SMILES string of the molecule is CC1(C)CCCCC1NC(=O)CC1CCNCC1.Cl. The van der Waals surface area contributed by atoms with Gasteiger partial charge in [0.25, 0.3) is 0 Å². The summed E-state index contributed by atoms with van der Waals surface area (Å²) in [6.07, 6.45) is 8.02. The molecule has 1 heterocycles. The van der Waals surface area contributed by atoms with Gasteiger partial charge >= 0.3 is 0 Å². The van der Waals surface area contributed by atoms with Gasteiger partial charge in [-0.15, -0.1) is 12.4 Å². The molecule has 2 aliphatic rings. The normalized spacial score (nSPS) is 27.4. The predicted octanol–water partition coefficient (Wildman–Crippen LogP) is 2.88. The minimum atomic E-state index is 0. The highest BCUT2D eigenvalue weighted by Gasteiger charge is 2.33. The van der Waals surface area contributed by atoms with Crippen LogP contribution in [0.25, 0.3) is 0 Å². The van der Waals surface area contributed by atoms with Gasteiger partial charge in [0.15, 0.2) is 0 Å². The fourth-order valence-electron chi connectivity index (χ4n) is 3.36. The first-order valence-electron chi connectivity index (χ1n) is 7.58. The molecule has 0 aromatic carbocycles. The second-order valence-corrected chi connectivity index (χ2v) is 6.75. The summed E-state index contributed by atoms with van der Waals surface area (Å²) in [6, 6.07) is 0.389. The van der Waals surface area contributed by atoms with E-state index in [1.807, 2.05) is 0 Å². The Bertz CT molecular complexity index is 288. The number of carbonyl (C=O) groups excluding carboxylic acids is 1. The number of nitrogens with one attached hydrogen (secondary N) is 2. The van der Waals surface area contributed by atoms with E-state index in [1.165, 1.54) is 19.3 Å². The van der Waals surface area contributed by atoms with E-state index in [2.05, 4.69) is 24.5 Å². The first-order valence-corrected chi connectivity index (χ1v) is 7.58. The molecule has 1 saturated carbocycles. The molecule has 0 aromatic rings. The second-order valence-electron chi connectivity index (χ2n) is 6.75. The van der Waals surface area contributed by atoms with Crippen molar-refractivity contribution in [2.75, 3.05) is 13.1 Å². The number of piperidine rings is 1. The molecule has 1 unspecified atom stereocenters. The van der Waals surface area contributed by atoms with Gasteiger partial charge in [0.1, 0.15) is 0 Å². The van der Waals surface area contributed by atoms with E-state index in [1.54, 1.807) is 0 Å². The Hall–Kier alpha value is -0.280. The van der Waals surface area contributed by atoms with Crippen molar-refractivity contribution in [1.29, 1.82) is 0 Å². The molecule has 0 aromatic heterocycles. The van der Waals surface area contributed by atoms with E-state index in [9.17, 15) is 4.79 Å². The van der Waals surface area contributed by atoms with Gasteiger partial charge in [-0.2, -0.15) is 0 Å². The number of rotatable bonds is 3. The molecule has 0 spiro atoms. The Morgan fingerprint density at radius 1 is 1.21 bits per heavy atom. The Morgan fingerprint density at radius 3 is 2.53 bits per heavy atom. The standard InChI is InChI=1S/C15H28N2O.ClH/c1-15(2)8-4-3-5-13(15)17-14(18)11-12-6-9-16-10-7-12;/h12-13,16H,3-11H2,1-2H3,(H,17,18);1H. The number of hydrogen-bond acceptors (Lipinski definition) is 2. The van der Waals surface area contributed by atoms with Crippen LogP contribution < -0.4 is 10.6 Å². The van der Waals surface area contributed by atoms with Crippen molar-refractivity contribution in [3.8, 4) is 0 Å². The van der Waals surface area contributed by atoms with Gasteiger partial charge in [0, 0.05) is 12.5 Å². The molecule has 19 heavy (non-hydrogen) atoms. The van der Waals surface area contributed by atoms with Crippen molar-refractivity contribution < 1.29 is 4.79 Å². The Kier molecular flexibility index (Phi) is 6.61. The molecule has 2 N–H and O–H groups in total. The highest BCUT2D eigenvalue weighted by molar-refractivity contribution is 5.85. The lowest BCUT2D eigenvalue weighted by molar-refractivity contribution is -0.124. The highest BCUT2D eigenvalue weighted by atomic mass is 35.5. The lowest BCUT2D eigenvalue weighted by atomic mass is 9.73. The van der Waals surface area contributed by atoms with Gasteiger partial charge < -0.3 is 10.6 Å². The summed E-state index contributed by atoms with van der Waals surface area (Å²) >= 11 is 0. The molecule has 2 fully saturated rings. The van der Waals surface area contributed by atoms with Crippen molar-refractivity contribution in [2.24, 2.45) is 11.3 Å². The zero-order valence-corrected chi connectivity index (χ0v) is 13.2. The van der Waals surface area contributed by atoms with Crippen molar-refractivity contribution >= 4 is 18.3 Å². The largest absolute Gasteiger partial charge is 0.353 e. The van der Waals surface area contributed by atoms with Crippen LogP contribution in [0.3, 0.4) is 0 Å². The average molecular weight is 289 g/mol. The Morgan fingerprint density at radius 2 is 1.89 bits per heavy atom. The fourth-order valence-corrected chi connectivity index (χ4v) is 3.36. The molecule has 4 heteroatoms. The maximum Gasteiger partial charge on any atom is 0.220 e. The van der Waals surface area contributed by atoms with Gasteiger partial charge in [-0.05, 0) is 50.1 Å². The van der Waals surface area contributed by atoms with Crippen LogP contribution in [0, 0.1) is 11.3 Å². The van der Waals surface area contributed by atoms with E-state index in [0.717, 1.165) is 38.8 Å². The minimum absolute atomic E-state index is 0. The zero-order valence-electron chi connectivity index (χ0n) is 12.3. The molecule has 0 bridgehead atoms. The molecule has 1 aliphatic carbocycles. The monoisotopic (exact) mass is 288 g/mol. The molecule has 1 amide bonds. The summed E-state index contributed by atoms with van der Waals surface area (Å²) in [6.45, 7) is 6.74. The van der Waals surface area contributed by atoms with Crippen molar-refractivity contribution in [2.45, 2.75) is 64.8 Å². The van der Waals surface area contributed by atoms with Gasteiger partial charge in [-0.1, -0.05) is 26.7 Å². The van der Waals surface area contributed by atoms with E-state index >= 15 is 0 Å². The predicted molar refractivity (Wildman–Crippen MR) is 81.6 cm³/mol. The Labute approximate surface area is 123 Å². The van der Waals surface area contributed by atoms with E-state index in [-0.39, 0.29) is 23.7 Å². The van der Waals surface area contributed by atoms with Gasteiger partial charge in [-0.3, -0.25) is 4.79 Å². The number of hydrogen-bond donors (Lipinski definition) is 2. The lowest BCUT2D eigenvalue weighted by Crippen LogP contribution is -2.47. The van der Waals surface area contributed by atoms with Crippen LogP contribution in [0.2, 0.25) is 0 Å². The molecule has 1 saturated heterocycles. The molecule has 1 aliphatic heterocycles. The molecular weight excluding hydrogens is 260 g/mol. The third-order valence-electron chi connectivity index (χ3n) is 4.78. The van der Waals surface area contributed by atoms with Crippen molar-refractivity contribution in [1.82, 2.24) is 10.6 Å².